The van der Waals surface area contributed by atoms with E-state index in [4.69, 9.17) is 5.11 Å². The van der Waals surface area contributed by atoms with Crippen molar-refractivity contribution in [2.24, 2.45) is 0 Å². The van der Waals surface area contributed by atoms with Gasteiger partial charge in [-0.1, -0.05) is 5.21 Å². The van der Waals surface area contributed by atoms with Crippen LogP contribution >= 0.6 is 12.6 Å². The molecule has 2 heterocycles. The fourth-order valence-corrected chi connectivity index (χ4v) is 1.14. The molecule has 2 rings (SSSR count). The minimum atomic E-state index is -0.159. The Balaban J connectivity index is 2.80. The van der Waals surface area contributed by atoms with Crippen LogP contribution in [0.25, 0.3) is 5.65 Å². The van der Waals surface area contributed by atoms with E-state index in [0.29, 0.717) is 16.4 Å². The zero-order chi connectivity index (χ0) is 8.55. The lowest BCUT2D eigenvalue weighted by Gasteiger charge is -1.93. The van der Waals surface area contributed by atoms with Gasteiger partial charge in [-0.15, -0.1) is 17.7 Å². The van der Waals surface area contributed by atoms with E-state index in [9.17, 15) is 0 Å². The first kappa shape index (κ1) is 7.51. The summed E-state index contributed by atoms with van der Waals surface area (Å²) in [5.74, 6) is 0. The summed E-state index contributed by atoms with van der Waals surface area (Å²) in [6.45, 7) is -0.159. The van der Waals surface area contributed by atoms with Gasteiger partial charge in [-0.3, -0.25) is 0 Å². The topological polar surface area (TPSA) is 63.3 Å². The van der Waals surface area contributed by atoms with E-state index in [1.807, 2.05) is 0 Å². The molecule has 0 saturated heterocycles. The van der Waals surface area contributed by atoms with Gasteiger partial charge in [0.15, 0.2) is 5.65 Å². The maximum absolute atomic E-state index is 8.83. The average Bonchev–Trinajstić information content (AvgIpc) is 2.49. The normalized spacial score (nSPS) is 10.8. The highest BCUT2D eigenvalue weighted by atomic mass is 32.1. The number of hydrogen-bond donors (Lipinski definition) is 2. The molecule has 2 aromatic heterocycles. The molecule has 0 unspecified atom stereocenters. The van der Waals surface area contributed by atoms with E-state index in [1.54, 1.807) is 12.3 Å². The molecule has 0 aliphatic heterocycles. The van der Waals surface area contributed by atoms with Crippen molar-refractivity contribution in [3.63, 3.8) is 0 Å². The van der Waals surface area contributed by atoms with E-state index >= 15 is 0 Å². The summed E-state index contributed by atoms with van der Waals surface area (Å²) < 4.78 is 1.47. The summed E-state index contributed by atoms with van der Waals surface area (Å²) >= 11 is 4.14. The van der Waals surface area contributed by atoms with Crippen molar-refractivity contribution in [2.45, 2.75) is 11.6 Å². The van der Waals surface area contributed by atoms with Crippen molar-refractivity contribution in [1.29, 1.82) is 0 Å². The average molecular weight is 182 g/mol. The van der Waals surface area contributed by atoms with Crippen molar-refractivity contribution in [2.75, 3.05) is 0 Å². The van der Waals surface area contributed by atoms with Crippen LogP contribution in [-0.4, -0.2) is 24.9 Å². The molecule has 62 valence electrons. The number of hydrogen-bond acceptors (Lipinski definition) is 5. The third-order valence-corrected chi connectivity index (χ3v) is 1.84. The van der Waals surface area contributed by atoms with Gasteiger partial charge in [-0.25, -0.2) is 4.98 Å². The summed E-state index contributed by atoms with van der Waals surface area (Å²) in [6, 6.07) is 1.70. The van der Waals surface area contributed by atoms with Crippen LogP contribution in [0.3, 0.4) is 0 Å². The Morgan fingerprint density at radius 2 is 2.42 bits per heavy atom. The Morgan fingerprint density at radius 1 is 1.58 bits per heavy atom. The smallest absolute Gasteiger partial charge is 0.182 e. The summed E-state index contributed by atoms with van der Waals surface area (Å²) in [4.78, 5) is 4.00. The number of thiol groups is 1. The first-order chi connectivity index (χ1) is 5.83. The van der Waals surface area contributed by atoms with Crippen LogP contribution in [0.2, 0.25) is 0 Å². The molecule has 2 aromatic rings. The summed E-state index contributed by atoms with van der Waals surface area (Å²) in [5, 5.41) is 17.0. The molecule has 0 radical (unpaired) electrons. The second-order valence-electron chi connectivity index (χ2n) is 2.23. The monoisotopic (exact) mass is 182 g/mol. The predicted octanol–water partition coefficient (Wildman–Crippen LogP) is -0.0947. The highest BCUT2D eigenvalue weighted by Gasteiger charge is 2.06. The Bertz CT molecular complexity index is 413. The van der Waals surface area contributed by atoms with Gasteiger partial charge in [0.1, 0.15) is 10.7 Å². The molecule has 0 bridgehead atoms. The van der Waals surface area contributed by atoms with Gasteiger partial charge >= 0.3 is 0 Å². The third-order valence-electron chi connectivity index (χ3n) is 1.50. The molecule has 0 aliphatic rings. The molecular weight excluding hydrogens is 176 g/mol. The lowest BCUT2D eigenvalue weighted by atomic mass is 10.5. The zero-order valence-electron chi connectivity index (χ0n) is 6.05. The number of aliphatic hydroxyl groups is 1. The first-order valence-corrected chi connectivity index (χ1v) is 3.77. The molecule has 0 aromatic carbocycles. The molecule has 5 nitrogen and oxygen atoms in total. The van der Waals surface area contributed by atoms with Crippen LogP contribution in [0.1, 0.15) is 5.69 Å². The van der Waals surface area contributed by atoms with Crippen LogP contribution < -0.4 is 0 Å². The Morgan fingerprint density at radius 3 is 3.17 bits per heavy atom. The SMILES string of the molecule is OCc1nnn2c(S)ccnc12. The first-order valence-electron chi connectivity index (χ1n) is 3.32. The van der Waals surface area contributed by atoms with Gasteiger partial charge in [0.2, 0.25) is 0 Å². The second kappa shape index (κ2) is 2.72. The van der Waals surface area contributed by atoms with Gasteiger partial charge in [0.05, 0.1) is 6.61 Å². The zero-order valence-corrected chi connectivity index (χ0v) is 6.94. The molecular formula is C6H6N4OS. The Labute approximate surface area is 73.5 Å². The maximum atomic E-state index is 8.83. The molecule has 0 atom stereocenters. The summed E-state index contributed by atoms with van der Waals surface area (Å²) in [6.07, 6.45) is 1.60. The number of aliphatic hydroxyl groups excluding tert-OH is 1. The van der Waals surface area contributed by atoms with Gasteiger partial charge in [-0.05, 0) is 6.07 Å². The quantitative estimate of drug-likeness (QED) is 0.477. The van der Waals surface area contributed by atoms with Crippen LogP contribution in [0.4, 0.5) is 0 Å². The van der Waals surface area contributed by atoms with E-state index in [1.165, 1.54) is 4.52 Å². The highest BCUT2D eigenvalue weighted by molar-refractivity contribution is 7.80. The molecule has 0 fully saturated rings. The fourth-order valence-electron chi connectivity index (χ4n) is 0.939. The molecule has 12 heavy (non-hydrogen) atoms. The van der Waals surface area contributed by atoms with E-state index < -0.39 is 0 Å². The number of rotatable bonds is 1. The van der Waals surface area contributed by atoms with Gasteiger partial charge in [-0.2, -0.15) is 4.52 Å². The maximum Gasteiger partial charge on any atom is 0.182 e. The van der Waals surface area contributed by atoms with Crippen molar-refractivity contribution in [1.82, 2.24) is 19.8 Å². The minimum absolute atomic E-state index is 0.159. The lowest BCUT2D eigenvalue weighted by Crippen LogP contribution is -1.92. The van der Waals surface area contributed by atoms with Gasteiger partial charge in [0.25, 0.3) is 0 Å². The Hall–Kier alpha value is -1.14. The number of nitrogens with zero attached hydrogens (tertiary/aromatic N) is 4. The molecule has 0 spiro atoms. The van der Waals surface area contributed by atoms with Crippen molar-refractivity contribution >= 4 is 18.3 Å². The molecule has 6 heteroatoms. The largest absolute Gasteiger partial charge is 0.390 e. The van der Waals surface area contributed by atoms with Crippen LogP contribution in [0, 0.1) is 0 Å². The van der Waals surface area contributed by atoms with E-state index in [0.717, 1.165) is 0 Å². The fraction of sp³-hybridized carbons (Fsp3) is 0.167. The molecule has 0 amide bonds. The van der Waals surface area contributed by atoms with Crippen molar-refractivity contribution in [3.05, 3.63) is 18.0 Å². The van der Waals surface area contributed by atoms with Crippen LogP contribution in [0.5, 0.6) is 0 Å². The lowest BCUT2D eigenvalue weighted by molar-refractivity contribution is 0.278. The molecule has 0 saturated carbocycles. The number of fused-ring (bicyclic) bond motifs is 1. The molecule has 0 aliphatic carbocycles. The van der Waals surface area contributed by atoms with Crippen LogP contribution in [-0.2, 0) is 6.61 Å². The van der Waals surface area contributed by atoms with Crippen LogP contribution in [0.15, 0.2) is 17.3 Å². The van der Waals surface area contributed by atoms with Gasteiger partial charge < -0.3 is 5.11 Å². The second-order valence-corrected chi connectivity index (χ2v) is 2.69. The minimum Gasteiger partial charge on any atom is -0.390 e. The predicted molar refractivity (Wildman–Crippen MR) is 44.0 cm³/mol. The summed E-state index contributed by atoms with van der Waals surface area (Å²) in [5.41, 5.74) is 1.01. The van der Waals surface area contributed by atoms with Crippen molar-refractivity contribution < 1.29 is 5.11 Å². The highest BCUT2D eigenvalue weighted by Crippen LogP contribution is 2.09. The van der Waals surface area contributed by atoms with Gasteiger partial charge in [0, 0.05) is 6.20 Å². The standard InChI is InChI=1S/C6H6N4OS/c11-3-4-6-7-2-1-5(12)10(6)9-8-4/h1-2,11-12H,3H2. The van der Waals surface area contributed by atoms with Crippen molar-refractivity contribution in [3.8, 4) is 0 Å². The Kier molecular flexibility index (Phi) is 1.70. The third kappa shape index (κ3) is 0.961. The summed E-state index contributed by atoms with van der Waals surface area (Å²) in [7, 11) is 0. The van der Waals surface area contributed by atoms with E-state index in [2.05, 4.69) is 27.9 Å². The number of aromatic nitrogens is 4. The molecule has 1 N–H and O–H groups in total. The van der Waals surface area contributed by atoms with E-state index in [-0.39, 0.29) is 6.61 Å².